The van der Waals surface area contributed by atoms with Crippen LogP contribution in [0.1, 0.15) is 37.6 Å². The number of nitrogens with one attached hydrogen (secondary N) is 1. The molecular weight excluding hydrogens is 202 g/mol. The van der Waals surface area contributed by atoms with Gasteiger partial charge in [0, 0.05) is 17.2 Å². The predicted octanol–water partition coefficient (Wildman–Crippen LogP) is 2.87. The third kappa shape index (κ3) is 3.19. The lowest BCUT2D eigenvalue weighted by Crippen LogP contribution is -2.19. The van der Waals surface area contributed by atoms with E-state index >= 15 is 0 Å². The molecule has 0 aliphatic carbocycles. The molecule has 0 saturated carbocycles. The number of ketones is 1. The molecular formula is C13H17NO2. The van der Waals surface area contributed by atoms with Gasteiger partial charge >= 0.3 is 0 Å². The van der Waals surface area contributed by atoms with Crippen LogP contribution in [0.5, 0.6) is 0 Å². The van der Waals surface area contributed by atoms with Crippen LogP contribution in [0.25, 0.3) is 0 Å². The number of hydrogen-bond acceptors (Lipinski definition) is 2. The normalized spacial score (nSPS) is 11.9. The van der Waals surface area contributed by atoms with Gasteiger partial charge in [-0.2, -0.15) is 0 Å². The molecule has 0 heterocycles. The van der Waals surface area contributed by atoms with Gasteiger partial charge in [-0.05, 0) is 25.5 Å². The number of benzene rings is 1. The van der Waals surface area contributed by atoms with E-state index in [1.54, 1.807) is 24.3 Å². The van der Waals surface area contributed by atoms with Crippen LogP contribution in [-0.4, -0.2) is 11.7 Å². The summed E-state index contributed by atoms with van der Waals surface area (Å²) < 4.78 is 0. The summed E-state index contributed by atoms with van der Waals surface area (Å²) in [5, 5.41) is 2.80. The Morgan fingerprint density at radius 3 is 2.62 bits per heavy atom. The quantitative estimate of drug-likeness (QED) is 0.791. The van der Waals surface area contributed by atoms with Gasteiger partial charge in [-0.3, -0.25) is 9.59 Å². The van der Waals surface area contributed by atoms with Crippen LogP contribution in [0.15, 0.2) is 24.3 Å². The van der Waals surface area contributed by atoms with Gasteiger partial charge in [0.25, 0.3) is 0 Å². The van der Waals surface area contributed by atoms with Crippen LogP contribution in [0.3, 0.4) is 0 Å². The Labute approximate surface area is 95.9 Å². The summed E-state index contributed by atoms with van der Waals surface area (Å²) in [6, 6.07) is 6.99. The van der Waals surface area contributed by atoms with Crippen molar-refractivity contribution in [3.63, 3.8) is 0 Å². The summed E-state index contributed by atoms with van der Waals surface area (Å²) in [4.78, 5) is 22.8. The van der Waals surface area contributed by atoms with E-state index < -0.39 is 0 Å². The van der Waals surface area contributed by atoms with Crippen LogP contribution in [-0.2, 0) is 4.79 Å². The average Bonchev–Trinajstić information content (AvgIpc) is 2.28. The fraction of sp³-hybridized carbons (Fsp3) is 0.385. The van der Waals surface area contributed by atoms with E-state index in [-0.39, 0.29) is 17.6 Å². The summed E-state index contributed by atoms with van der Waals surface area (Å²) in [7, 11) is 0. The van der Waals surface area contributed by atoms with Gasteiger partial charge in [0.05, 0.1) is 0 Å². The first kappa shape index (κ1) is 12.4. The molecule has 1 aromatic rings. The van der Waals surface area contributed by atoms with E-state index in [4.69, 9.17) is 0 Å². The van der Waals surface area contributed by atoms with Crippen LogP contribution in [0, 0.1) is 5.92 Å². The number of carbonyl (C=O) groups excluding carboxylic acids is 2. The maximum atomic E-state index is 11.6. The highest BCUT2D eigenvalue weighted by atomic mass is 16.1. The maximum Gasteiger partial charge on any atom is 0.227 e. The van der Waals surface area contributed by atoms with Gasteiger partial charge in [0.2, 0.25) is 5.91 Å². The largest absolute Gasteiger partial charge is 0.326 e. The predicted molar refractivity (Wildman–Crippen MR) is 64.5 cm³/mol. The van der Waals surface area contributed by atoms with Crippen molar-refractivity contribution >= 4 is 17.4 Å². The molecule has 0 radical (unpaired) electrons. The van der Waals surface area contributed by atoms with E-state index in [0.717, 1.165) is 6.42 Å². The Balaban J connectivity index is 2.78. The smallest absolute Gasteiger partial charge is 0.227 e. The minimum Gasteiger partial charge on any atom is -0.326 e. The van der Waals surface area contributed by atoms with Gasteiger partial charge in [0.1, 0.15) is 0 Å². The zero-order chi connectivity index (χ0) is 12.1. The van der Waals surface area contributed by atoms with Crippen molar-refractivity contribution in [3.8, 4) is 0 Å². The molecule has 3 heteroatoms. The highest BCUT2D eigenvalue weighted by Gasteiger charge is 2.10. The number of hydrogen-bond donors (Lipinski definition) is 1. The second kappa shape index (κ2) is 5.45. The minimum atomic E-state index is -0.0130. The van der Waals surface area contributed by atoms with Crippen LogP contribution < -0.4 is 5.32 Å². The lowest BCUT2D eigenvalue weighted by molar-refractivity contribution is -0.119. The Kier molecular flexibility index (Phi) is 4.23. The number of Topliss-reactive ketones (excluding diaryl/α,β-unsaturated/α-hetero) is 1. The third-order valence-electron chi connectivity index (χ3n) is 2.60. The summed E-state index contributed by atoms with van der Waals surface area (Å²) in [5.74, 6) is -0.0242. The summed E-state index contributed by atoms with van der Waals surface area (Å²) in [6.45, 7) is 5.36. The van der Waals surface area contributed by atoms with Crippen molar-refractivity contribution in [2.75, 3.05) is 5.32 Å². The fourth-order valence-electron chi connectivity index (χ4n) is 1.27. The molecule has 1 amide bonds. The average molecular weight is 219 g/mol. The highest BCUT2D eigenvalue weighted by molar-refractivity contribution is 5.97. The van der Waals surface area contributed by atoms with E-state index in [0.29, 0.717) is 11.3 Å². The molecule has 0 bridgehead atoms. The topological polar surface area (TPSA) is 46.2 Å². The van der Waals surface area contributed by atoms with Gasteiger partial charge in [-0.15, -0.1) is 0 Å². The molecule has 0 saturated heterocycles. The Morgan fingerprint density at radius 2 is 2.06 bits per heavy atom. The second-order valence-corrected chi connectivity index (χ2v) is 3.94. The first-order valence-corrected chi connectivity index (χ1v) is 5.46. The standard InChI is InChI=1S/C13H17NO2/c1-4-9(2)13(16)14-12-7-5-6-11(8-12)10(3)15/h5-9H,4H2,1-3H3,(H,14,16). The van der Waals surface area contributed by atoms with Crippen LogP contribution in [0.4, 0.5) is 5.69 Å². The van der Waals surface area contributed by atoms with Crippen LogP contribution in [0.2, 0.25) is 0 Å². The van der Waals surface area contributed by atoms with E-state index in [1.165, 1.54) is 6.92 Å². The van der Waals surface area contributed by atoms with Crippen molar-refractivity contribution in [1.82, 2.24) is 0 Å². The minimum absolute atomic E-state index is 0.000334. The number of anilines is 1. The SMILES string of the molecule is CCC(C)C(=O)Nc1cccc(C(C)=O)c1. The Bertz CT molecular complexity index is 399. The molecule has 1 atom stereocenters. The van der Waals surface area contributed by atoms with Crippen molar-refractivity contribution in [2.24, 2.45) is 5.92 Å². The Morgan fingerprint density at radius 1 is 1.38 bits per heavy atom. The van der Waals surface area contributed by atoms with Crippen molar-refractivity contribution < 1.29 is 9.59 Å². The lowest BCUT2D eigenvalue weighted by Gasteiger charge is -2.10. The third-order valence-corrected chi connectivity index (χ3v) is 2.60. The first-order valence-electron chi connectivity index (χ1n) is 5.46. The molecule has 0 aliphatic heterocycles. The van der Waals surface area contributed by atoms with Crippen LogP contribution >= 0.6 is 0 Å². The van der Waals surface area contributed by atoms with Crippen molar-refractivity contribution in [3.05, 3.63) is 29.8 Å². The summed E-state index contributed by atoms with van der Waals surface area (Å²) >= 11 is 0. The molecule has 0 spiro atoms. The second-order valence-electron chi connectivity index (χ2n) is 3.94. The molecule has 16 heavy (non-hydrogen) atoms. The Hall–Kier alpha value is -1.64. The molecule has 1 N–H and O–H groups in total. The highest BCUT2D eigenvalue weighted by Crippen LogP contribution is 2.13. The lowest BCUT2D eigenvalue weighted by atomic mass is 10.1. The van der Waals surface area contributed by atoms with Gasteiger partial charge in [0.15, 0.2) is 5.78 Å². The number of amides is 1. The van der Waals surface area contributed by atoms with E-state index in [9.17, 15) is 9.59 Å². The van der Waals surface area contributed by atoms with Gasteiger partial charge in [-0.25, -0.2) is 0 Å². The molecule has 0 fully saturated rings. The molecule has 1 rings (SSSR count). The first-order chi connectivity index (χ1) is 7.54. The zero-order valence-corrected chi connectivity index (χ0v) is 9.91. The monoisotopic (exact) mass is 219 g/mol. The van der Waals surface area contributed by atoms with E-state index in [1.807, 2.05) is 13.8 Å². The summed E-state index contributed by atoms with van der Waals surface area (Å²) in [5.41, 5.74) is 1.29. The molecule has 0 aromatic heterocycles. The number of carbonyl (C=O) groups is 2. The fourth-order valence-corrected chi connectivity index (χ4v) is 1.27. The molecule has 86 valence electrons. The molecule has 0 aliphatic rings. The van der Waals surface area contributed by atoms with Crippen molar-refractivity contribution in [2.45, 2.75) is 27.2 Å². The zero-order valence-electron chi connectivity index (χ0n) is 9.91. The summed E-state index contributed by atoms with van der Waals surface area (Å²) in [6.07, 6.45) is 0.804. The maximum absolute atomic E-state index is 11.6. The molecule has 3 nitrogen and oxygen atoms in total. The molecule has 1 unspecified atom stereocenters. The number of rotatable bonds is 4. The van der Waals surface area contributed by atoms with Crippen molar-refractivity contribution in [1.29, 1.82) is 0 Å². The van der Waals surface area contributed by atoms with Gasteiger partial charge < -0.3 is 5.32 Å². The molecule has 1 aromatic carbocycles. The van der Waals surface area contributed by atoms with E-state index in [2.05, 4.69) is 5.32 Å². The van der Waals surface area contributed by atoms with Gasteiger partial charge in [-0.1, -0.05) is 26.0 Å².